The van der Waals surface area contributed by atoms with Crippen molar-refractivity contribution in [3.63, 3.8) is 0 Å². The molecule has 0 radical (unpaired) electrons. The van der Waals surface area contributed by atoms with Gasteiger partial charge in [0.05, 0.1) is 5.52 Å². The standard InChI is InChI=1S/C20H23N3/c1-22-19-5-3-2-4-17(19)18-9-8-16(12-20(18)22)23-11-10-14-6-7-15(13-23)21-14/h2-5,8-9,12,14-15,21H,6-7,10-11,13H2,1H3. The number of hydrogen-bond donors (Lipinski definition) is 1. The number of nitrogens with zero attached hydrogens (tertiary/aromatic N) is 2. The molecule has 2 aromatic carbocycles. The summed E-state index contributed by atoms with van der Waals surface area (Å²) in [4.78, 5) is 2.58. The quantitative estimate of drug-likeness (QED) is 0.740. The van der Waals surface area contributed by atoms with Crippen molar-refractivity contribution in [3.05, 3.63) is 42.5 Å². The third-order valence-electron chi connectivity index (χ3n) is 5.79. The molecule has 5 rings (SSSR count). The van der Waals surface area contributed by atoms with Crippen LogP contribution in [-0.4, -0.2) is 29.7 Å². The number of nitrogens with one attached hydrogen (secondary N) is 1. The van der Waals surface area contributed by atoms with Gasteiger partial charge in [-0.2, -0.15) is 0 Å². The largest absolute Gasteiger partial charge is 0.370 e. The smallest absolute Gasteiger partial charge is 0.0509 e. The number of anilines is 1. The summed E-state index contributed by atoms with van der Waals surface area (Å²) in [5.41, 5.74) is 4.03. The van der Waals surface area contributed by atoms with E-state index in [2.05, 4.69) is 64.3 Å². The van der Waals surface area contributed by atoms with E-state index in [1.54, 1.807) is 0 Å². The van der Waals surface area contributed by atoms with Crippen LogP contribution in [0.4, 0.5) is 5.69 Å². The highest BCUT2D eigenvalue weighted by Gasteiger charge is 2.29. The Hall–Kier alpha value is -2.00. The van der Waals surface area contributed by atoms with Gasteiger partial charge in [0.1, 0.15) is 0 Å². The Balaban J connectivity index is 1.60. The van der Waals surface area contributed by atoms with Gasteiger partial charge in [0.15, 0.2) is 0 Å². The third kappa shape index (κ3) is 2.07. The second kappa shape index (κ2) is 5.00. The molecule has 1 aromatic heterocycles. The zero-order chi connectivity index (χ0) is 15.4. The monoisotopic (exact) mass is 305 g/mol. The van der Waals surface area contributed by atoms with Crippen LogP contribution in [0.25, 0.3) is 21.8 Å². The summed E-state index contributed by atoms with van der Waals surface area (Å²) in [6.45, 7) is 2.32. The first-order valence-corrected chi connectivity index (χ1v) is 8.78. The van der Waals surface area contributed by atoms with E-state index in [1.807, 2.05) is 0 Å². The van der Waals surface area contributed by atoms with Crippen molar-refractivity contribution in [1.82, 2.24) is 9.88 Å². The molecule has 3 nitrogen and oxygen atoms in total. The molecule has 2 bridgehead atoms. The lowest BCUT2D eigenvalue weighted by molar-refractivity contribution is 0.563. The van der Waals surface area contributed by atoms with Crippen LogP contribution in [0.3, 0.4) is 0 Å². The molecule has 3 aromatic rings. The molecule has 0 aliphatic carbocycles. The summed E-state index contributed by atoms with van der Waals surface area (Å²) in [7, 11) is 2.18. The van der Waals surface area contributed by atoms with Crippen molar-refractivity contribution in [2.75, 3.05) is 18.0 Å². The van der Waals surface area contributed by atoms with Crippen LogP contribution in [0, 0.1) is 0 Å². The average Bonchev–Trinajstić information content (AvgIpc) is 3.06. The molecule has 2 aliphatic rings. The number of hydrogen-bond acceptors (Lipinski definition) is 2. The van der Waals surface area contributed by atoms with Crippen LogP contribution >= 0.6 is 0 Å². The van der Waals surface area contributed by atoms with Crippen LogP contribution in [-0.2, 0) is 7.05 Å². The van der Waals surface area contributed by atoms with Gasteiger partial charge in [-0.1, -0.05) is 24.3 Å². The molecular formula is C20H23N3. The molecule has 0 amide bonds. The molecule has 3 heteroatoms. The lowest BCUT2D eigenvalue weighted by Gasteiger charge is -2.26. The van der Waals surface area contributed by atoms with Gasteiger partial charge < -0.3 is 14.8 Å². The van der Waals surface area contributed by atoms with Crippen molar-refractivity contribution < 1.29 is 0 Å². The molecule has 1 N–H and O–H groups in total. The van der Waals surface area contributed by atoms with Crippen LogP contribution in [0.2, 0.25) is 0 Å². The van der Waals surface area contributed by atoms with Gasteiger partial charge >= 0.3 is 0 Å². The van der Waals surface area contributed by atoms with E-state index in [0.717, 1.165) is 12.6 Å². The summed E-state index contributed by atoms with van der Waals surface area (Å²) in [6, 6.07) is 17.1. The number of fused-ring (bicyclic) bond motifs is 5. The van der Waals surface area contributed by atoms with E-state index >= 15 is 0 Å². The molecule has 2 saturated heterocycles. The molecule has 0 saturated carbocycles. The number of aryl methyl sites for hydroxylation is 1. The minimum atomic E-state index is 0.672. The fourth-order valence-corrected chi connectivity index (χ4v) is 4.52. The van der Waals surface area contributed by atoms with E-state index in [0.29, 0.717) is 6.04 Å². The van der Waals surface area contributed by atoms with E-state index in [1.165, 1.54) is 53.3 Å². The maximum atomic E-state index is 3.78. The van der Waals surface area contributed by atoms with Gasteiger partial charge in [-0.15, -0.1) is 0 Å². The predicted octanol–water partition coefficient (Wildman–Crippen LogP) is 3.66. The molecule has 2 aliphatic heterocycles. The Morgan fingerprint density at radius 1 is 0.913 bits per heavy atom. The van der Waals surface area contributed by atoms with Gasteiger partial charge in [-0.05, 0) is 37.5 Å². The molecule has 2 unspecified atom stereocenters. The van der Waals surface area contributed by atoms with Gasteiger partial charge in [-0.25, -0.2) is 0 Å². The Kier molecular flexibility index (Phi) is 2.92. The summed E-state index contributed by atoms with van der Waals surface area (Å²) < 4.78 is 2.33. The van der Waals surface area contributed by atoms with Crippen LogP contribution in [0.1, 0.15) is 19.3 Å². The molecule has 118 valence electrons. The maximum Gasteiger partial charge on any atom is 0.0509 e. The molecule has 23 heavy (non-hydrogen) atoms. The van der Waals surface area contributed by atoms with E-state index in [4.69, 9.17) is 0 Å². The summed E-state index contributed by atoms with van der Waals surface area (Å²) >= 11 is 0. The lowest BCUT2D eigenvalue weighted by Crippen LogP contribution is -2.35. The number of aromatic nitrogens is 1. The van der Waals surface area contributed by atoms with Gasteiger partial charge in [0.2, 0.25) is 0 Å². The number of para-hydroxylation sites is 1. The molecule has 3 heterocycles. The first kappa shape index (κ1) is 13.4. The second-order valence-corrected chi connectivity index (χ2v) is 7.15. The van der Waals surface area contributed by atoms with Crippen LogP contribution in [0.5, 0.6) is 0 Å². The molecule has 2 fully saturated rings. The third-order valence-corrected chi connectivity index (χ3v) is 5.79. The topological polar surface area (TPSA) is 20.2 Å². The molecule has 2 atom stereocenters. The van der Waals surface area contributed by atoms with E-state index in [9.17, 15) is 0 Å². The van der Waals surface area contributed by atoms with Crippen LogP contribution in [0.15, 0.2) is 42.5 Å². The predicted molar refractivity (Wildman–Crippen MR) is 97.2 cm³/mol. The molecule has 0 spiro atoms. The van der Waals surface area contributed by atoms with E-state index < -0.39 is 0 Å². The van der Waals surface area contributed by atoms with Crippen LogP contribution < -0.4 is 10.2 Å². The fraction of sp³-hybridized carbons (Fsp3) is 0.400. The highest BCUT2D eigenvalue weighted by Crippen LogP contribution is 2.32. The zero-order valence-corrected chi connectivity index (χ0v) is 13.6. The normalized spacial score (nSPS) is 24.5. The zero-order valence-electron chi connectivity index (χ0n) is 13.6. The van der Waals surface area contributed by atoms with Crippen molar-refractivity contribution in [1.29, 1.82) is 0 Å². The highest BCUT2D eigenvalue weighted by molar-refractivity contribution is 6.08. The second-order valence-electron chi connectivity index (χ2n) is 7.15. The maximum absolute atomic E-state index is 3.78. The van der Waals surface area contributed by atoms with Gasteiger partial charge in [-0.3, -0.25) is 0 Å². The minimum Gasteiger partial charge on any atom is -0.370 e. The average molecular weight is 305 g/mol. The van der Waals surface area contributed by atoms with Gasteiger partial charge in [0.25, 0.3) is 0 Å². The Labute approximate surface area is 136 Å². The first-order chi connectivity index (χ1) is 11.3. The van der Waals surface area contributed by atoms with Crippen molar-refractivity contribution in [3.8, 4) is 0 Å². The van der Waals surface area contributed by atoms with E-state index in [-0.39, 0.29) is 0 Å². The Morgan fingerprint density at radius 2 is 1.74 bits per heavy atom. The fourth-order valence-electron chi connectivity index (χ4n) is 4.52. The Bertz CT molecular complexity index is 879. The summed E-state index contributed by atoms with van der Waals surface area (Å²) in [6.07, 6.45) is 3.96. The van der Waals surface area contributed by atoms with Crippen molar-refractivity contribution in [2.45, 2.75) is 31.3 Å². The van der Waals surface area contributed by atoms with Crippen molar-refractivity contribution >= 4 is 27.5 Å². The number of rotatable bonds is 1. The Morgan fingerprint density at radius 3 is 2.70 bits per heavy atom. The lowest BCUT2D eigenvalue weighted by atomic mass is 10.1. The highest BCUT2D eigenvalue weighted by atomic mass is 15.2. The molecular weight excluding hydrogens is 282 g/mol. The SMILES string of the molecule is Cn1c2ccccc2c2ccc(N3CCC4CCC(C3)N4)cc21. The minimum absolute atomic E-state index is 0.672. The summed E-state index contributed by atoms with van der Waals surface area (Å²) in [5.74, 6) is 0. The summed E-state index contributed by atoms with van der Waals surface area (Å²) in [5, 5.41) is 6.49. The first-order valence-electron chi connectivity index (χ1n) is 8.78. The van der Waals surface area contributed by atoms with Gasteiger partial charge in [0, 0.05) is 54.2 Å². The number of benzene rings is 2. The van der Waals surface area contributed by atoms with Crippen molar-refractivity contribution in [2.24, 2.45) is 7.05 Å².